The lowest BCUT2D eigenvalue weighted by Crippen LogP contribution is -2.31. The Morgan fingerprint density at radius 1 is 1.13 bits per heavy atom. The van der Waals surface area contributed by atoms with Gasteiger partial charge in [-0.3, -0.25) is 5.32 Å². The lowest BCUT2D eigenvalue weighted by atomic mass is 10.0. The number of carbonyl (C=O) groups excluding carboxylic acids is 1. The van der Waals surface area contributed by atoms with Crippen molar-refractivity contribution in [1.29, 1.82) is 0 Å². The van der Waals surface area contributed by atoms with E-state index in [1.807, 2.05) is 30.3 Å². The predicted molar refractivity (Wildman–Crippen MR) is 142 cm³/mol. The number of amides is 1. The van der Waals surface area contributed by atoms with E-state index in [1.54, 1.807) is 30.5 Å². The quantitative estimate of drug-likeness (QED) is 0.232. The van der Waals surface area contributed by atoms with E-state index in [9.17, 15) is 19.8 Å². The second-order valence-electron chi connectivity index (χ2n) is 8.46. The fourth-order valence-electron chi connectivity index (χ4n) is 3.91. The van der Waals surface area contributed by atoms with Crippen LogP contribution in [0.3, 0.4) is 0 Å². The largest absolute Gasteiger partial charge is 0.478 e. The molecular weight excluding hydrogens is 508 g/mol. The van der Waals surface area contributed by atoms with Crippen molar-refractivity contribution in [1.82, 2.24) is 4.98 Å². The third-order valence-corrected chi connectivity index (χ3v) is 6.90. The van der Waals surface area contributed by atoms with Crippen molar-refractivity contribution in [2.45, 2.75) is 36.6 Å². The molecule has 3 atom stereocenters. The Labute approximate surface area is 224 Å². The number of benzene rings is 2. The SMILES string of the molecule is C=CCOC(=O)Nc1cccc([C@H]2O[C@@H](CSc3ncccc3C(=O)O)C[C@@H](c3ccc(CO)cc3)O2)c1. The minimum atomic E-state index is -1.04. The number of carbonyl (C=O) groups is 2. The van der Waals surface area contributed by atoms with E-state index in [0.717, 1.165) is 11.1 Å². The Bertz CT molecular complexity index is 1270. The summed E-state index contributed by atoms with van der Waals surface area (Å²) in [5.74, 6) is -0.585. The number of carboxylic acid groups (broad SMARTS) is 1. The summed E-state index contributed by atoms with van der Waals surface area (Å²) in [4.78, 5) is 27.8. The normalized spacial score (nSPS) is 18.9. The molecule has 198 valence electrons. The highest BCUT2D eigenvalue weighted by Crippen LogP contribution is 2.40. The molecule has 9 nitrogen and oxygen atoms in total. The van der Waals surface area contributed by atoms with Gasteiger partial charge in [-0.1, -0.05) is 49.1 Å². The van der Waals surface area contributed by atoms with Gasteiger partial charge in [0.2, 0.25) is 0 Å². The Kier molecular flexibility index (Phi) is 9.50. The molecule has 0 bridgehead atoms. The fourth-order valence-corrected chi connectivity index (χ4v) is 4.92. The van der Waals surface area contributed by atoms with Crippen LogP contribution in [-0.4, -0.2) is 45.7 Å². The van der Waals surface area contributed by atoms with Gasteiger partial charge < -0.3 is 24.4 Å². The van der Waals surface area contributed by atoms with E-state index in [2.05, 4.69) is 16.9 Å². The molecule has 3 N–H and O–H groups in total. The summed E-state index contributed by atoms with van der Waals surface area (Å²) >= 11 is 1.31. The number of nitrogens with zero attached hydrogens (tertiary/aromatic N) is 1. The highest BCUT2D eigenvalue weighted by Gasteiger charge is 2.32. The Balaban J connectivity index is 1.54. The summed E-state index contributed by atoms with van der Waals surface area (Å²) in [6.45, 7) is 3.57. The molecule has 1 saturated heterocycles. The number of aliphatic hydroxyl groups is 1. The van der Waals surface area contributed by atoms with Crippen LogP contribution in [0.4, 0.5) is 10.5 Å². The number of ether oxygens (including phenoxy) is 3. The van der Waals surface area contributed by atoms with Crippen LogP contribution in [0, 0.1) is 0 Å². The minimum absolute atomic E-state index is 0.0538. The van der Waals surface area contributed by atoms with Gasteiger partial charge in [0.15, 0.2) is 6.29 Å². The topological polar surface area (TPSA) is 127 Å². The second-order valence-corrected chi connectivity index (χ2v) is 9.47. The molecule has 1 fully saturated rings. The first-order chi connectivity index (χ1) is 18.5. The monoisotopic (exact) mass is 536 g/mol. The molecule has 0 saturated carbocycles. The summed E-state index contributed by atoms with van der Waals surface area (Å²) in [6, 6.07) is 17.7. The van der Waals surface area contributed by atoms with Crippen molar-refractivity contribution in [3.63, 3.8) is 0 Å². The van der Waals surface area contributed by atoms with Crippen LogP contribution in [0.2, 0.25) is 0 Å². The molecule has 1 aliphatic heterocycles. The number of aliphatic hydroxyl groups excluding tert-OH is 1. The van der Waals surface area contributed by atoms with Gasteiger partial charge in [0, 0.05) is 29.6 Å². The fraction of sp³-hybridized carbons (Fsp3) is 0.250. The first kappa shape index (κ1) is 27.3. The third kappa shape index (κ3) is 7.20. The number of aromatic carboxylic acids is 1. The average molecular weight is 537 g/mol. The smallest absolute Gasteiger partial charge is 0.411 e. The maximum absolute atomic E-state index is 12.0. The number of thioether (sulfide) groups is 1. The van der Waals surface area contributed by atoms with Gasteiger partial charge in [0.1, 0.15) is 11.6 Å². The number of aromatic nitrogens is 1. The minimum Gasteiger partial charge on any atom is -0.478 e. The molecule has 0 aliphatic carbocycles. The van der Waals surface area contributed by atoms with Gasteiger partial charge in [0.25, 0.3) is 0 Å². The predicted octanol–water partition coefficient (Wildman–Crippen LogP) is 5.34. The van der Waals surface area contributed by atoms with E-state index >= 15 is 0 Å². The van der Waals surface area contributed by atoms with Gasteiger partial charge in [0.05, 0.1) is 24.4 Å². The number of hydrogen-bond donors (Lipinski definition) is 3. The van der Waals surface area contributed by atoms with Crippen molar-refractivity contribution in [3.05, 3.63) is 102 Å². The summed E-state index contributed by atoms with van der Waals surface area (Å²) in [5, 5.41) is 22.0. The van der Waals surface area contributed by atoms with Crippen LogP contribution in [0.1, 0.15) is 45.9 Å². The second kappa shape index (κ2) is 13.2. The first-order valence-corrected chi connectivity index (χ1v) is 12.9. The Hall–Kier alpha value is -3.70. The molecule has 10 heteroatoms. The summed E-state index contributed by atoms with van der Waals surface area (Å²) < 4.78 is 17.6. The molecule has 0 radical (unpaired) electrons. The molecule has 3 aromatic rings. The number of carboxylic acids is 1. The molecule has 4 rings (SSSR count). The van der Waals surface area contributed by atoms with E-state index < -0.39 is 18.4 Å². The van der Waals surface area contributed by atoms with Crippen molar-refractivity contribution < 1.29 is 34.0 Å². The molecule has 1 aliphatic rings. The van der Waals surface area contributed by atoms with Crippen LogP contribution in [0.5, 0.6) is 0 Å². The van der Waals surface area contributed by atoms with Crippen molar-refractivity contribution >= 4 is 29.5 Å². The lowest BCUT2D eigenvalue weighted by molar-refractivity contribution is -0.245. The zero-order valence-electron chi connectivity index (χ0n) is 20.5. The number of anilines is 1. The van der Waals surface area contributed by atoms with Crippen LogP contribution >= 0.6 is 11.8 Å². The molecular formula is C28H28N2O7S. The van der Waals surface area contributed by atoms with Gasteiger partial charge in [-0.2, -0.15) is 0 Å². The maximum Gasteiger partial charge on any atom is 0.411 e. The van der Waals surface area contributed by atoms with Gasteiger partial charge >= 0.3 is 12.1 Å². The van der Waals surface area contributed by atoms with E-state index in [1.165, 1.54) is 23.9 Å². The zero-order chi connectivity index (χ0) is 26.9. The molecule has 38 heavy (non-hydrogen) atoms. The van der Waals surface area contributed by atoms with Crippen molar-refractivity contribution in [3.8, 4) is 0 Å². The Morgan fingerprint density at radius 3 is 2.68 bits per heavy atom. The molecule has 1 aromatic heterocycles. The average Bonchev–Trinajstić information content (AvgIpc) is 2.95. The highest BCUT2D eigenvalue weighted by molar-refractivity contribution is 7.99. The molecule has 1 amide bonds. The van der Waals surface area contributed by atoms with Gasteiger partial charge in [-0.05, 0) is 35.4 Å². The maximum atomic E-state index is 12.0. The van der Waals surface area contributed by atoms with E-state index in [-0.39, 0.29) is 31.0 Å². The lowest BCUT2D eigenvalue weighted by Gasteiger charge is -2.36. The third-order valence-electron chi connectivity index (χ3n) is 5.76. The van der Waals surface area contributed by atoms with E-state index in [0.29, 0.717) is 28.5 Å². The number of pyridine rings is 1. The molecule has 2 aromatic carbocycles. The van der Waals surface area contributed by atoms with Crippen molar-refractivity contribution in [2.24, 2.45) is 0 Å². The summed E-state index contributed by atoms with van der Waals surface area (Å²) in [7, 11) is 0. The summed E-state index contributed by atoms with van der Waals surface area (Å²) in [6.07, 6.45) is 1.62. The number of rotatable bonds is 10. The van der Waals surface area contributed by atoms with Crippen LogP contribution < -0.4 is 5.32 Å². The van der Waals surface area contributed by atoms with Gasteiger partial charge in [-0.15, -0.1) is 11.8 Å². The number of hydrogen-bond acceptors (Lipinski definition) is 8. The molecule has 2 heterocycles. The zero-order valence-corrected chi connectivity index (χ0v) is 21.3. The highest BCUT2D eigenvalue weighted by atomic mass is 32.2. The van der Waals surface area contributed by atoms with Crippen LogP contribution in [0.15, 0.2) is 84.5 Å². The van der Waals surface area contributed by atoms with Crippen LogP contribution in [0.25, 0.3) is 0 Å². The van der Waals surface area contributed by atoms with Gasteiger partial charge in [-0.25, -0.2) is 14.6 Å². The number of nitrogens with one attached hydrogen (secondary N) is 1. The summed E-state index contributed by atoms with van der Waals surface area (Å²) in [5.41, 5.74) is 3.07. The first-order valence-electron chi connectivity index (χ1n) is 11.9. The van der Waals surface area contributed by atoms with E-state index in [4.69, 9.17) is 14.2 Å². The van der Waals surface area contributed by atoms with Crippen LogP contribution in [-0.2, 0) is 20.8 Å². The molecule has 0 unspecified atom stereocenters. The van der Waals surface area contributed by atoms with Crippen molar-refractivity contribution in [2.75, 3.05) is 17.7 Å². The standard InChI is InChI=1S/C28H28N2O7S/c1-2-13-35-28(34)30-21-6-3-5-20(14-21)27-36-22(17-38-25-23(26(32)33)7-4-12-29-25)15-24(37-27)19-10-8-18(16-31)9-11-19/h2-12,14,22,24,27,31H,1,13,15-17H2,(H,30,34)(H,32,33)/t22-,24+,27+/m1/s1. The molecule has 0 spiro atoms. The Morgan fingerprint density at radius 2 is 1.95 bits per heavy atom.